The van der Waals surface area contributed by atoms with Gasteiger partial charge < -0.3 is 5.32 Å². The van der Waals surface area contributed by atoms with Crippen molar-refractivity contribution < 1.29 is 0 Å². The van der Waals surface area contributed by atoms with Crippen LogP contribution < -0.4 is 5.32 Å². The van der Waals surface area contributed by atoms with E-state index >= 15 is 0 Å². The molecule has 1 fully saturated rings. The van der Waals surface area contributed by atoms with E-state index in [2.05, 4.69) is 32.0 Å². The van der Waals surface area contributed by atoms with E-state index in [4.69, 9.17) is 6.42 Å². The molecule has 0 bridgehead atoms. The molecule has 4 atom stereocenters. The molecule has 0 heterocycles. The second kappa shape index (κ2) is 6.18. The Labute approximate surface area is 95.0 Å². The number of hydrogen-bond donors (Lipinski definition) is 1. The fourth-order valence-electron chi connectivity index (χ4n) is 2.58. The molecule has 1 saturated carbocycles. The van der Waals surface area contributed by atoms with Crippen LogP contribution in [0.5, 0.6) is 0 Å². The Kier molecular flexibility index (Phi) is 5.19. The van der Waals surface area contributed by atoms with Crippen molar-refractivity contribution in [1.29, 1.82) is 0 Å². The third-order valence-corrected chi connectivity index (χ3v) is 3.90. The van der Waals surface area contributed by atoms with Crippen molar-refractivity contribution in [2.24, 2.45) is 11.8 Å². The Balaban J connectivity index is 2.45. The van der Waals surface area contributed by atoms with Crippen LogP contribution >= 0.6 is 0 Å². The quantitative estimate of drug-likeness (QED) is 0.698. The van der Waals surface area contributed by atoms with Gasteiger partial charge in [0.2, 0.25) is 0 Å². The first kappa shape index (κ1) is 12.6. The number of nitrogens with one attached hydrogen (secondary N) is 1. The third kappa shape index (κ3) is 3.54. The van der Waals surface area contributed by atoms with E-state index in [-0.39, 0.29) is 6.04 Å². The van der Waals surface area contributed by atoms with Gasteiger partial charge in [0.25, 0.3) is 0 Å². The lowest BCUT2D eigenvalue weighted by atomic mass is 9.78. The summed E-state index contributed by atoms with van der Waals surface area (Å²) >= 11 is 0. The SMILES string of the molecule is C#CC(CCC)NC1CCCC(C)C1C. The molecule has 0 aromatic rings. The number of hydrogen-bond acceptors (Lipinski definition) is 1. The van der Waals surface area contributed by atoms with E-state index in [1.165, 1.54) is 25.7 Å². The molecule has 0 radical (unpaired) electrons. The molecule has 15 heavy (non-hydrogen) atoms. The third-order valence-electron chi connectivity index (χ3n) is 3.90. The summed E-state index contributed by atoms with van der Waals surface area (Å²) in [5.41, 5.74) is 0. The van der Waals surface area contributed by atoms with Crippen molar-refractivity contribution in [3.63, 3.8) is 0 Å². The molecular weight excluding hydrogens is 182 g/mol. The van der Waals surface area contributed by atoms with Gasteiger partial charge in [-0.3, -0.25) is 0 Å². The van der Waals surface area contributed by atoms with Gasteiger partial charge in [0.1, 0.15) is 0 Å². The molecule has 1 nitrogen and oxygen atoms in total. The smallest absolute Gasteiger partial charge is 0.0689 e. The predicted molar refractivity (Wildman–Crippen MR) is 66.6 cm³/mol. The standard InChI is InChI=1S/C14H25N/c1-5-8-13(6-2)15-14-10-7-9-11(3)12(14)4/h2,11-15H,5,7-10H2,1,3-4H3. The molecule has 1 aliphatic carbocycles. The van der Waals surface area contributed by atoms with Crippen LogP contribution in [0.4, 0.5) is 0 Å². The highest BCUT2D eigenvalue weighted by Gasteiger charge is 2.27. The van der Waals surface area contributed by atoms with Gasteiger partial charge >= 0.3 is 0 Å². The molecule has 1 rings (SSSR count). The topological polar surface area (TPSA) is 12.0 Å². The lowest BCUT2D eigenvalue weighted by Gasteiger charge is -2.36. The number of terminal acetylenes is 1. The highest BCUT2D eigenvalue weighted by Crippen LogP contribution is 2.29. The molecule has 1 aliphatic rings. The summed E-state index contributed by atoms with van der Waals surface area (Å²) in [7, 11) is 0. The maximum atomic E-state index is 5.54. The average Bonchev–Trinajstić information content (AvgIpc) is 2.24. The second-order valence-corrected chi connectivity index (χ2v) is 5.05. The Bertz CT molecular complexity index is 216. The van der Waals surface area contributed by atoms with E-state index in [9.17, 15) is 0 Å². The zero-order valence-corrected chi connectivity index (χ0v) is 10.4. The van der Waals surface area contributed by atoms with Crippen LogP contribution in [0, 0.1) is 24.2 Å². The van der Waals surface area contributed by atoms with Crippen LogP contribution in [0.3, 0.4) is 0 Å². The number of rotatable bonds is 4. The normalized spacial score (nSPS) is 33.3. The van der Waals surface area contributed by atoms with Crippen molar-refractivity contribution in [3.05, 3.63) is 0 Å². The van der Waals surface area contributed by atoms with Crippen molar-refractivity contribution in [2.45, 2.75) is 65.0 Å². The molecule has 0 saturated heterocycles. The molecule has 0 aliphatic heterocycles. The first-order valence-electron chi connectivity index (χ1n) is 6.41. The lowest BCUT2D eigenvalue weighted by Crippen LogP contribution is -2.45. The Hall–Kier alpha value is -0.480. The molecular formula is C14H25N. The molecule has 0 aromatic heterocycles. The minimum atomic E-state index is 0.285. The van der Waals surface area contributed by atoms with Gasteiger partial charge in [0, 0.05) is 6.04 Å². The lowest BCUT2D eigenvalue weighted by molar-refractivity contribution is 0.199. The molecule has 86 valence electrons. The summed E-state index contributed by atoms with van der Waals surface area (Å²) in [4.78, 5) is 0. The summed E-state index contributed by atoms with van der Waals surface area (Å²) in [6.07, 6.45) is 11.8. The van der Waals surface area contributed by atoms with Gasteiger partial charge in [-0.05, 0) is 24.7 Å². The van der Waals surface area contributed by atoms with E-state index < -0.39 is 0 Å². The fourth-order valence-corrected chi connectivity index (χ4v) is 2.58. The van der Waals surface area contributed by atoms with Gasteiger partial charge in [-0.1, -0.05) is 46.0 Å². The van der Waals surface area contributed by atoms with Gasteiger partial charge in [-0.15, -0.1) is 6.42 Å². The zero-order valence-electron chi connectivity index (χ0n) is 10.4. The summed E-state index contributed by atoms with van der Waals surface area (Å²) in [6.45, 7) is 6.92. The Morgan fingerprint density at radius 2 is 2.13 bits per heavy atom. The van der Waals surface area contributed by atoms with Gasteiger partial charge in [-0.25, -0.2) is 0 Å². The van der Waals surface area contributed by atoms with E-state index in [1.807, 2.05) is 0 Å². The monoisotopic (exact) mass is 207 g/mol. The first-order valence-corrected chi connectivity index (χ1v) is 6.41. The zero-order chi connectivity index (χ0) is 11.3. The van der Waals surface area contributed by atoms with Crippen LogP contribution in [0.1, 0.15) is 52.9 Å². The van der Waals surface area contributed by atoms with Crippen molar-refractivity contribution in [3.8, 4) is 12.3 Å². The summed E-state index contributed by atoms with van der Waals surface area (Å²) < 4.78 is 0. The molecule has 0 spiro atoms. The highest BCUT2D eigenvalue weighted by atomic mass is 15.0. The first-order chi connectivity index (χ1) is 7.19. The van der Waals surface area contributed by atoms with Crippen molar-refractivity contribution in [1.82, 2.24) is 5.32 Å². The highest BCUT2D eigenvalue weighted by molar-refractivity contribution is 5.00. The minimum absolute atomic E-state index is 0.285. The van der Waals surface area contributed by atoms with Crippen molar-refractivity contribution >= 4 is 0 Å². The summed E-state index contributed by atoms with van der Waals surface area (Å²) in [6, 6.07) is 0.925. The Morgan fingerprint density at radius 3 is 2.73 bits per heavy atom. The maximum Gasteiger partial charge on any atom is 0.0689 e. The van der Waals surface area contributed by atoms with Crippen LogP contribution in [0.25, 0.3) is 0 Å². The molecule has 4 unspecified atom stereocenters. The van der Waals surface area contributed by atoms with E-state index in [1.54, 1.807) is 0 Å². The second-order valence-electron chi connectivity index (χ2n) is 5.05. The van der Waals surface area contributed by atoms with Crippen molar-refractivity contribution in [2.75, 3.05) is 0 Å². The molecule has 1 heteroatoms. The van der Waals surface area contributed by atoms with E-state index in [0.29, 0.717) is 6.04 Å². The van der Waals surface area contributed by atoms with Gasteiger partial charge in [0.15, 0.2) is 0 Å². The van der Waals surface area contributed by atoms with Crippen LogP contribution in [0.2, 0.25) is 0 Å². The Morgan fingerprint density at radius 1 is 1.40 bits per heavy atom. The van der Waals surface area contributed by atoms with Crippen LogP contribution in [-0.2, 0) is 0 Å². The molecule has 0 amide bonds. The summed E-state index contributed by atoms with van der Waals surface area (Å²) in [5.74, 6) is 4.49. The maximum absolute atomic E-state index is 5.54. The minimum Gasteiger partial charge on any atom is -0.301 e. The van der Waals surface area contributed by atoms with Crippen LogP contribution in [-0.4, -0.2) is 12.1 Å². The van der Waals surface area contributed by atoms with Gasteiger partial charge in [-0.2, -0.15) is 0 Å². The fraction of sp³-hybridized carbons (Fsp3) is 0.857. The van der Waals surface area contributed by atoms with Crippen LogP contribution in [0.15, 0.2) is 0 Å². The molecule has 1 N–H and O–H groups in total. The van der Waals surface area contributed by atoms with E-state index in [0.717, 1.165) is 18.3 Å². The molecule has 0 aromatic carbocycles. The largest absolute Gasteiger partial charge is 0.301 e. The predicted octanol–water partition coefficient (Wildman–Crippen LogP) is 3.20. The van der Waals surface area contributed by atoms with Gasteiger partial charge in [0.05, 0.1) is 6.04 Å². The average molecular weight is 207 g/mol. The summed E-state index contributed by atoms with van der Waals surface area (Å²) in [5, 5.41) is 3.65.